The topological polar surface area (TPSA) is 83.1 Å². The number of nitrogens with one attached hydrogen (secondary N) is 1. The van der Waals surface area contributed by atoms with Crippen LogP contribution < -0.4 is 11.2 Å². The van der Waals surface area contributed by atoms with Crippen LogP contribution in [0.3, 0.4) is 0 Å². The molecule has 0 radical (unpaired) electrons. The van der Waals surface area contributed by atoms with Gasteiger partial charge in [0.1, 0.15) is 6.79 Å². The molecule has 0 aromatic rings. The highest BCUT2D eigenvalue weighted by molar-refractivity contribution is 5.22. The Bertz CT molecular complexity index is 278. The average molecular weight is 286 g/mol. The third-order valence-electron chi connectivity index (χ3n) is 2.45. The summed E-state index contributed by atoms with van der Waals surface area (Å²) in [6.07, 6.45) is 6.62. The molecule has 0 saturated carbocycles. The van der Waals surface area contributed by atoms with Crippen molar-refractivity contribution in [2.24, 2.45) is 16.8 Å². The molecule has 1 rings (SSSR count). The predicted octanol–water partition coefficient (Wildman–Crippen LogP) is 1.46. The lowest BCUT2D eigenvalue weighted by atomic mass is 10.2. The number of likely N-dealkylation sites (tertiary alicyclic amines) is 1. The molecule has 0 aromatic heterocycles. The van der Waals surface area contributed by atoms with E-state index < -0.39 is 0 Å². The van der Waals surface area contributed by atoms with Crippen molar-refractivity contribution in [3.8, 4) is 0 Å². The summed E-state index contributed by atoms with van der Waals surface area (Å²) in [4.78, 5) is 2.19. The zero-order chi connectivity index (χ0) is 15.8. The standard InChI is InChI=1S/C10H18N4.C2H6O2.C2H6/c1-9-5-7-14(8-9)10(11)4-3-6-13-12-2;1-4-2-3;1-2/h3-4,6,9,13H,2,5,7-8,11H2,1H3;3H,2H2,1H3;1-2H3/b6-3+,10-4+;;. The van der Waals surface area contributed by atoms with E-state index >= 15 is 0 Å². The van der Waals surface area contributed by atoms with Crippen LogP contribution in [0, 0.1) is 5.92 Å². The minimum Gasteiger partial charge on any atom is -0.385 e. The van der Waals surface area contributed by atoms with Crippen molar-refractivity contribution in [1.82, 2.24) is 10.3 Å². The first-order chi connectivity index (χ1) is 9.65. The first-order valence-corrected chi connectivity index (χ1v) is 6.84. The largest absolute Gasteiger partial charge is 0.385 e. The molecule has 1 aliphatic rings. The second-order valence-electron chi connectivity index (χ2n) is 4.00. The van der Waals surface area contributed by atoms with Gasteiger partial charge in [0.2, 0.25) is 0 Å². The second-order valence-corrected chi connectivity index (χ2v) is 4.00. The first-order valence-electron chi connectivity index (χ1n) is 6.84. The maximum atomic E-state index is 7.65. The molecule has 0 aliphatic carbocycles. The Morgan fingerprint density at radius 3 is 2.60 bits per heavy atom. The fourth-order valence-electron chi connectivity index (χ4n) is 1.52. The van der Waals surface area contributed by atoms with Crippen LogP contribution in [-0.2, 0) is 4.74 Å². The summed E-state index contributed by atoms with van der Waals surface area (Å²) >= 11 is 0. The number of hydrazone groups is 1. The van der Waals surface area contributed by atoms with Gasteiger partial charge in [0.15, 0.2) is 0 Å². The van der Waals surface area contributed by atoms with E-state index in [1.54, 1.807) is 6.20 Å². The van der Waals surface area contributed by atoms with Gasteiger partial charge in [-0.15, -0.1) is 0 Å². The third kappa shape index (κ3) is 11.6. The van der Waals surface area contributed by atoms with Crippen LogP contribution in [-0.4, -0.2) is 43.7 Å². The molecular formula is C14H30N4O2. The molecule has 118 valence electrons. The summed E-state index contributed by atoms with van der Waals surface area (Å²) in [5.41, 5.74) is 8.50. The number of hydrogen-bond donors (Lipinski definition) is 3. The Balaban J connectivity index is 0. The van der Waals surface area contributed by atoms with Crippen LogP contribution in [0.2, 0.25) is 0 Å². The van der Waals surface area contributed by atoms with E-state index in [0.717, 1.165) is 24.8 Å². The van der Waals surface area contributed by atoms with Crippen LogP contribution in [0.25, 0.3) is 0 Å². The molecule has 0 amide bonds. The van der Waals surface area contributed by atoms with Gasteiger partial charge in [0, 0.05) is 33.1 Å². The summed E-state index contributed by atoms with van der Waals surface area (Å²) in [6.45, 7) is 11.5. The quantitative estimate of drug-likeness (QED) is 0.308. The molecule has 0 spiro atoms. The Morgan fingerprint density at radius 1 is 1.60 bits per heavy atom. The summed E-state index contributed by atoms with van der Waals surface area (Å²) in [6, 6.07) is 0. The van der Waals surface area contributed by atoms with E-state index in [9.17, 15) is 0 Å². The third-order valence-corrected chi connectivity index (χ3v) is 2.45. The molecule has 1 heterocycles. The van der Waals surface area contributed by atoms with E-state index in [-0.39, 0.29) is 6.79 Å². The smallest absolute Gasteiger partial charge is 0.143 e. The lowest BCUT2D eigenvalue weighted by Crippen LogP contribution is -2.24. The van der Waals surface area contributed by atoms with Crippen molar-refractivity contribution in [3.05, 3.63) is 24.2 Å². The molecule has 6 heteroatoms. The molecule has 20 heavy (non-hydrogen) atoms. The van der Waals surface area contributed by atoms with Crippen molar-refractivity contribution in [2.45, 2.75) is 27.2 Å². The summed E-state index contributed by atoms with van der Waals surface area (Å²) < 4.78 is 4.10. The van der Waals surface area contributed by atoms with Crippen molar-refractivity contribution >= 4 is 6.72 Å². The molecule has 1 fully saturated rings. The van der Waals surface area contributed by atoms with Crippen molar-refractivity contribution < 1.29 is 9.84 Å². The molecule has 0 bridgehead atoms. The molecule has 1 unspecified atom stereocenters. The Hall–Kier alpha value is -1.53. The highest BCUT2D eigenvalue weighted by atomic mass is 16.6. The van der Waals surface area contributed by atoms with Crippen LogP contribution >= 0.6 is 0 Å². The van der Waals surface area contributed by atoms with E-state index in [4.69, 9.17) is 10.8 Å². The molecule has 0 aromatic carbocycles. The number of methoxy groups -OCH3 is 1. The highest BCUT2D eigenvalue weighted by Gasteiger charge is 2.18. The molecule has 1 aliphatic heterocycles. The average Bonchev–Trinajstić information content (AvgIpc) is 2.92. The van der Waals surface area contributed by atoms with Gasteiger partial charge in [0.25, 0.3) is 0 Å². The van der Waals surface area contributed by atoms with Crippen LogP contribution in [0.15, 0.2) is 29.3 Å². The summed E-state index contributed by atoms with van der Waals surface area (Å²) in [5, 5.41) is 11.1. The normalized spacial score (nSPS) is 17.9. The van der Waals surface area contributed by atoms with Crippen LogP contribution in [0.4, 0.5) is 0 Å². The van der Waals surface area contributed by atoms with Crippen LogP contribution in [0.5, 0.6) is 0 Å². The number of ether oxygens (including phenoxy) is 1. The van der Waals surface area contributed by atoms with Gasteiger partial charge in [0.05, 0.1) is 5.82 Å². The molecule has 1 atom stereocenters. The monoisotopic (exact) mass is 286 g/mol. The zero-order valence-corrected chi connectivity index (χ0v) is 13.2. The van der Waals surface area contributed by atoms with E-state index in [0.29, 0.717) is 0 Å². The Kier molecular flexibility index (Phi) is 16.1. The Labute approximate surface area is 123 Å². The van der Waals surface area contributed by atoms with Crippen LogP contribution in [0.1, 0.15) is 27.2 Å². The molecule has 1 saturated heterocycles. The number of nitrogens with two attached hydrogens (primary N) is 1. The zero-order valence-electron chi connectivity index (χ0n) is 13.2. The number of aliphatic hydroxyl groups excluding tert-OH is 1. The van der Waals surface area contributed by atoms with Crippen molar-refractivity contribution in [3.63, 3.8) is 0 Å². The maximum absolute atomic E-state index is 7.65. The van der Waals surface area contributed by atoms with E-state index in [1.165, 1.54) is 13.5 Å². The SMILES string of the molecule is C=NN/C=C/C=C(\N)N1CCC(C)C1.CC.COCO. The van der Waals surface area contributed by atoms with Gasteiger partial charge in [-0.2, -0.15) is 5.10 Å². The first kappa shape index (κ1) is 20.8. The number of aliphatic hydroxyl groups is 1. The van der Waals surface area contributed by atoms with Gasteiger partial charge in [-0.05, 0) is 24.5 Å². The summed E-state index contributed by atoms with van der Waals surface area (Å²) in [5.74, 6) is 1.57. The minimum atomic E-state index is -0.181. The summed E-state index contributed by atoms with van der Waals surface area (Å²) in [7, 11) is 1.43. The van der Waals surface area contributed by atoms with Crippen molar-refractivity contribution in [1.29, 1.82) is 0 Å². The van der Waals surface area contributed by atoms with Gasteiger partial charge < -0.3 is 20.5 Å². The Morgan fingerprint density at radius 2 is 2.20 bits per heavy atom. The number of rotatable bonds is 5. The van der Waals surface area contributed by atoms with Gasteiger partial charge in [-0.25, -0.2) is 0 Å². The predicted molar refractivity (Wildman–Crippen MR) is 84.9 cm³/mol. The fraction of sp³-hybridized carbons (Fsp3) is 0.643. The molecular weight excluding hydrogens is 256 g/mol. The lowest BCUT2D eigenvalue weighted by molar-refractivity contribution is 0.0325. The fourth-order valence-corrected chi connectivity index (χ4v) is 1.52. The number of nitrogens with zero attached hydrogens (tertiary/aromatic N) is 2. The number of hydrogen-bond acceptors (Lipinski definition) is 6. The van der Waals surface area contributed by atoms with Crippen molar-refractivity contribution in [2.75, 3.05) is 27.0 Å². The van der Waals surface area contributed by atoms with E-state index in [1.807, 2.05) is 26.0 Å². The molecule has 6 nitrogen and oxygen atoms in total. The maximum Gasteiger partial charge on any atom is 0.143 e. The number of allylic oxidation sites excluding steroid dienone is 2. The van der Waals surface area contributed by atoms with Gasteiger partial charge >= 0.3 is 0 Å². The second kappa shape index (κ2) is 15.5. The van der Waals surface area contributed by atoms with Gasteiger partial charge in [-0.1, -0.05) is 20.8 Å². The minimum absolute atomic E-state index is 0.181. The van der Waals surface area contributed by atoms with Gasteiger partial charge in [-0.3, -0.25) is 5.43 Å². The van der Waals surface area contributed by atoms with E-state index in [2.05, 4.69) is 33.8 Å². The molecule has 4 N–H and O–H groups in total. The highest BCUT2D eigenvalue weighted by Crippen LogP contribution is 2.17. The lowest BCUT2D eigenvalue weighted by Gasteiger charge is -2.17.